The fourth-order valence-electron chi connectivity index (χ4n) is 1.71. The van der Waals surface area contributed by atoms with E-state index in [4.69, 9.17) is 14.2 Å². The molecule has 4 heteroatoms. The monoisotopic (exact) mass is 186 g/mol. The van der Waals surface area contributed by atoms with Gasteiger partial charge in [0.25, 0.3) is 0 Å². The van der Waals surface area contributed by atoms with Gasteiger partial charge in [0.05, 0.1) is 0 Å². The zero-order chi connectivity index (χ0) is 9.64. The average molecular weight is 186 g/mol. The highest BCUT2D eigenvalue weighted by molar-refractivity contribution is 4.99. The van der Waals surface area contributed by atoms with Crippen LogP contribution in [-0.4, -0.2) is 35.5 Å². The predicted octanol–water partition coefficient (Wildman–Crippen LogP) is 0.410. The van der Waals surface area contributed by atoms with Crippen LogP contribution in [0.5, 0.6) is 0 Å². The Bertz CT molecular complexity index is 226. The summed E-state index contributed by atoms with van der Waals surface area (Å²) in [5.74, 6) is -0.664. The van der Waals surface area contributed by atoms with E-state index in [0.717, 1.165) is 0 Å². The molecule has 0 aromatic carbocycles. The van der Waals surface area contributed by atoms with Gasteiger partial charge in [0.1, 0.15) is 18.3 Å². The van der Waals surface area contributed by atoms with Crippen molar-refractivity contribution in [1.82, 2.24) is 0 Å². The number of aliphatic hydroxyl groups excluding tert-OH is 1. The zero-order valence-corrected chi connectivity index (χ0v) is 7.77. The van der Waals surface area contributed by atoms with Crippen LogP contribution in [0.4, 0.5) is 0 Å². The first-order valence-electron chi connectivity index (χ1n) is 4.35. The quantitative estimate of drug-likeness (QED) is 0.602. The predicted molar refractivity (Wildman–Crippen MR) is 44.9 cm³/mol. The van der Waals surface area contributed by atoms with E-state index in [-0.39, 0.29) is 6.10 Å². The summed E-state index contributed by atoms with van der Waals surface area (Å²) in [5, 5.41) is 9.69. The van der Waals surface area contributed by atoms with E-state index in [1.165, 1.54) is 0 Å². The average Bonchev–Trinajstić information content (AvgIpc) is 2.47. The first kappa shape index (κ1) is 9.15. The number of hydrogen-bond acceptors (Lipinski definition) is 4. The first-order chi connectivity index (χ1) is 6.03. The molecule has 0 aromatic heterocycles. The Hall–Kier alpha value is -0.420. The van der Waals surface area contributed by atoms with Gasteiger partial charge in [0, 0.05) is 0 Å². The Morgan fingerprint density at radius 3 is 2.62 bits per heavy atom. The second-order valence-corrected chi connectivity index (χ2v) is 3.80. The molecule has 2 heterocycles. The summed E-state index contributed by atoms with van der Waals surface area (Å²) in [6.07, 6.45) is -0.357. The van der Waals surface area contributed by atoms with Gasteiger partial charge in [-0.05, 0) is 13.8 Å². The topological polar surface area (TPSA) is 47.9 Å². The summed E-state index contributed by atoms with van der Waals surface area (Å²) in [6, 6.07) is 0. The molecule has 0 saturated carbocycles. The highest BCUT2D eigenvalue weighted by Gasteiger charge is 2.53. The summed E-state index contributed by atoms with van der Waals surface area (Å²) in [6.45, 7) is 7.15. The van der Waals surface area contributed by atoms with E-state index in [2.05, 4.69) is 6.58 Å². The lowest BCUT2D eigenvalue weighted by molar-refractivity contribution is -0.209. The molecule has 0 radical (unpaired) electrons. The maximum absolute atomic E-state index is 9.69. The molecule has 2 aliphatic rings. The summed E-state index contributed by atoms with van der Waals surface area (Å²) in [5.41, 5.74) is 0. The van der Waals surface area contributed by atoms with Crippen molar-refractivity contribution < 1.29 is 19.3 Å². The molecule has 1 N–H and O–H groups in total. The van der Waals surface area contributed by atoms with Crippen LogP contribution in [0.25, 0.3) is 0 Å². The highest BCUT2D eigenvalue weighted by Crippen LogP contribution is 2.37. The second-order valence-electron chi connectivity index (χ2n) is 3.80. The molecule has 4 nitrogen and oxygen atoms in total. The fourth-order valence-corrected chi connectivity index (χ4v) is 1.71. The van der Waals surface area contributed by atoms with Crippen LogP contribution >= 0.6 is 0 Å². The minimum Gasteiger partial charge on any atom is -0.387 e. The summed E-state index contributed by atoms with van der Waals surface area (Å²) >= 11 is 0. The molecule has 0 bridgehead atoms. The van der Waals surface area contributed by atoms with Gasteiger partial charge in [-0.2, -0.15) is 0 Å². The Morgan fingerprint density at radius 2 is 2.08 bits per heavy atom. The molecule has 0 aliphatic carbocycles. The third-order valence-electron chi connectivity index (χ3n) is 2.28. The zero-order valence-electron chi connectivity index (χ0n) is 7.77. The molecule has 2 aliphatic heterocycles. The SMILES string of the molecule is C=C[C@@H]1O[C@@H]2OC(C)(C)O[C@H]2[C@@H]1O. The van der Waals surface area contributed by atoms with Crippen molar-refractivity contribution in [2.24, 2.45) is 0 Å². The molecule has 0 amide bonds. The number of aliphatic hydroxyl groups is 1. The van der Waals surface area contributed by atoms with Crippen molar-refractivity contribution in [1.29, 1.82) is 0 Å². The number of fused-ring (bicyclic) bond motifs is 1. The maximum atomic E-state index is 9.69. The summed E-state index contributed by atoms with van der Waals surface area (Å²) < 4.78 is 16.3. The minimum atomic E-state index is -0.677. The highest BCUT2D eigenvalue weighted by atomic mass is 16.8. The molecule has 2 saturated heterocycles. The third kappa shape index (κ3) is 1.40. The standard InChI is InChI=1S/C9H14O4/c1-4-5-6(10)7-8(11-5)13-9(2,3)12-7/h4-8,10H,1H2,2-3H3/t5-,6+,7-,8+/m0/s1. The number of hydrogen-bond donors (Lipinski definition) is 1. The number of ether oxygens (including phenoxy) is 3. The van der Waals surface area contributed by atoms with Crippen LogP contribution < -0.4 is 0 Å². The molecular formula is C9H14O4. The van der Waals surface area contributed by atoms with E-state index >= 15 is 0 Å². The van der Waals surface area contributed by atoms with Crippen LogP contribution in [0.1, 0.15) is 13.8 Å². The molecule has 0 aromatic rings. The lowest BCUT2D eigenvalue weighted by Gasteiger charge is -2.21. The van der Waals surface area contributed by atoms with Crippen molar-refractivity contribution in [3.8, 4) is 0 Å². The first-order valence-corrected chi connectivity index (χ1v) is 4.35. The number of rotatable bonds is 1. The molecule has 0 spiro atoms. The van der Waals surface area contributed by atoms with Gasteiger partial charge in [-0.25, -0.2) is 0 Å². The van der Waals surface area contributed by atoms with Gasteiger partial charge in [0.2, 0.25) is 0 Å². The van der Waals surface area contributed by atoms with Gasteiger partial charge in [-0.3, -0.25) is 0 Å². The fraction of sp³-hybridized carbons (Fsp3) is 0.778. The maximum Gasteiger partial charge on any atom is 0.190 e. The Balaban J connectivity index is 2.11. The van der Waals surface area contributed by atoms with Crippen molar-refractivity contribution in [3.63, 3.8) is 0 Å². The second kappa shape index (κ2) is 2.78. The molecule has 2 rings (SSSR count). The van der Waals surface area contributed by atoms with Crippen LogP contribution in [0, 0.1) is 0 Å². The summed E-state index contributed by atoms with van der Waals surface area (Å²) in [4.78, 5) is 0. The van der Waals surface area contributed by atoms with Crippen LogP contribution in [0.3, 0.4) is 0 Å². The van der Waals surface area contributed by atoms with Crippen molar-refractivity contribution in [2.75, 3.05) is 0 Å². The molecular weight excluding hydrogens is 172 g/mol. The normalized spacial score (nSPS) is 47.6. The van der Waals surface area contributed by atoms with E-state index in [1.54, 1.807) is 19.9 Å². The van der Waals surface area contributed by atoms with Gasteiger partial charge in [-0.1, -0.05) is 6.08 Å². The third-order valence-corrected chi connectivity index (χ3v) is 2.28. The van der Waals surface area contributed by atoms with Crippen molar-refractivity contribution >= 4 is 0 Å². The Morgan fingerprint density at radius 1 is 1.38 bits per heavy atom. The van der Waals surface area contributed by atoms with Gasteiger partial charge in [0.15, 0.2) is 12.1 Å². The Labute approximate surface area is 77.1 Å². The molecule has 4 atom stereocenters. The molecule has 2 fully saturated rings. The molecule has 74 valence electrons. The van der Waals surface area contributed by atoms with Gasteiger partial charge >= 0.3 is 0 Å². The van der Waals surface area contributed by atoms with Crippen molar-refractivity contribution in [2.45, 2.75) is 44.2 Å². The summed E-state index contributed by atoms with van der Waals surface area (Å²) in [7, 11) is 0. The van der Waals surface area contributed by atoms with E-state index in [0.29, 0.717) is 0 Å². The van der Waals surface area contributed by atoms with Crippen LogP contribution in [-0.2, 0) is 14.2 Å². The molecule has 0 unspecified atom stereocenters. The Kier molecular flexibility index (Phi) is 1.96. The van der Waals surface area contributed by atoms with E-state index < -0.39 is 24.3 Å². The minimum absolute atomic E-state index is 0.383. The van der Waals surface area contributed by atoms with Crippen molar-refractivity contribution in [3.05, 3.63) is 12.7 Å². The van der Waals surface area contributed by atoms with Crippen LogP contribution in [0.15, 0.2) is 12.7 Å². The van der Waals surface area contributed by atoms with E-state index in [1.807, 2.05) is 0 Å². The van der Waals surface area contributed by atoms with E-state index in [9.17, 15) is 5.11 Å². The molecule has 13 heavy (non-hydrogen) atoms. The largest absolute Gasteiger partial charge is 0.387 e. The lowest BCUT2D eigenvalue weighted by Crippen LogP contribution is -2.33. The van der Waals surface area contributed by atoms with Crippen LogP contribution in [0.2, 0.25) is 0 Å². The lowest BCUT2D eigenvalue weighted by atomic mass is 10.1. The van der Waals surface area contributed by atoms with Gasteiger partial charge in [-0.15, -0.1) is 6.58 Å². The smallest absolute Gasteiger partial charge is 0.190 e. The van der Waals surface area contributed by atoms with Gasteiger partial charge < -0.3 is 19.3 Å².